The number of nitrogens with two attached hydrogens (primary N) is 1. The van der Waals surface area contributed by atoms with Crippen molar-refractivity contribution in [1.29, 1.82) is 0 Å². The van der Waals surface area contributed by atoms with Gasteiger partial charge in [0.25, 0.3) is 0 Å². The highest BCUT2D eigenvalue weighted by molar-refractivity contribution is 7.89. The molecule has 0 saturated carbocycles. The maximum atomic E-state index is 13.2. The molecule has 0 aliphatic carbocycles. The Hall–Kier alpha value is -2.02. The molecule has 2 aromatic carbocycles. The molecule has 3 rings (SSSR count). The van der Waals surface area contributed by atoms with E-state index in [1.165, 1.54) is 10.4 Å². The van der Waals surface area contributed by atoms with E-state index in [-0.39, 0.29) is 22.2 Å². The molecule has 138 valence electrons. The van der Waals surface area contributed by atoms with Crippen molar-refractivity contribution in [1.82, 2.24) is 4.31 Å². The summed E-state index contributed by atoms with van der Waals surface area (Å²) in [5, 5.41) is 0. The fourth-order valence-electron chi connectivity index (χ4n) is 3.48. The van der Waals surface area contributed by atoms with Crippen LogP contribution in [0, 0.1) is 5.92 Å². The molecule has 2 N–H and O–H groups in total. The molecule has 1 saturated heterocycles. The van der Waals surface area contributed by atoms with Gasteiger partial charge < -0.3 is 5.73 Å². The molecule has 1 aliphatic heterocycles. The van der Waals surface area contributed by atoms with Gasteiger partial charge in [-0.25, -0.2) is 8.42 Å². The molecular weight excluding hydrogens is 348 g/mol. The molecule has 5 nitrogen and oxygen atoms in total. The fraction of sp³-hybridized carbons (Fsp3) is 0.350. The molecule has 0 spiro atoms. The van der Waals surface area contributed by atoms with E-state index in [2.05, 4.69) is 0 Å². The summed E-state index contributed by atoms with van der Waals surface area (Å²) in [6.45, 7) is 1.51. The van der Waals surface area contributed by atoms with E-state index in [4.69, 9.17) is 5.73 Å². The van der Waals surface area contributed by atoms with Crippen LogP contribution in [0.1, 0.15) is 35.2 Å². The summed E-state index contributed by atoms with van der Waals surface area (Å²) in [5.74, 6) is 0.000745. The molecule has 6 heteroatoms. The Balaban J connectivity index is 1.95. The predicted molar refractivity (Wildman–Crippen MR) is 101 cm³/mol. The summed E-state index contributed by atoms with van der Waals surface area (Å²) < 4.78 is 28.0. The smallest absolute Gasteiger partial charge is 0.243 e. The minimum absolute atomic E-state index is 0.0854. The average molecular weight is 372 g/mol. The third-order valence-corrected chi connectivity index (χ3v) is 6.77. The highest BCUT2D eigenvalue weighted by Crippen LogP contribution is 2.28. The van der Waals surface area contributed by atoms with Gasteiger partial charge in [0, 0.05) is 24.2 Å². The van der Waals surface area contributed by atoms with E-state index >= 15 is 0 Å². The highest BCUT2D eigenvalue weighted by atomic mass is 32.2. The van der Waals surface area contributed by atoms with Gasteiger partial charge in [0.2, 0.25) is 10.0 Å². The third-order valence-electron chi connectivity index (χ3n) is 4.84. The Morgan fingerprint density at radius 1 is 1.08 bits per heavy atom. The number of rotatable bonds is 6. The number of piperidine rings is 1. The Labute approximate surface area is 154 Å². The molecular formula is C20H24N2O3S. The summed E-state index contributed by atoms with van der Waals surface area (Å²) in [5.41, 5.74) is 6.34. The zero-order chi connectivity index (χ0) is 18.6. The van der Waals surface area contributed by atoms with Crippen molar-refractivity contribution in [3.05, 3.63) is 65.7 Å². The number of hydrogen-bond acceptors (Lipinski definition) is 4. The maximum Gasteiger partial charge on any atom is 0.243 e. The topological polar surface area (TPSA) is 80.5 Å². The summed E-state index contributed by atoms with van der Waals surface area (Å²) in [6, 6.07) is 15.2. The monoisotopic (exact) mass is 372 g/mol. The van der Waals surface area contributed by atoms with E-state index < -0.39 is 10.0 Å². The van der Waals surface area contributed by atoms with Gasteiger partial charge in [0.1, 0.15) is 0 Å². The van der Waals surface area contributed by atoms with Gasteiger partial charge in [-0.2, -0.15) is 4.31 Å². The number of carbonyl (C=O) groups is 1. The normalized spacial score (nSPS) is 18.6. The van der Waals surface area contributed by atoms with Crippen molar-refractivity contribution in [2.24, 2.45) is 11.7 Å². The van der Waals surface area contributed by atoms with Gasteiger partial charge in [0.05, 0.1) is 4.90 Å². The Kier molecular flexibility index (Phi) is 5.86. The molecule has 1 fully saturated rings. The zero-order valence-corrected chi connectivity index (χ0v) is 15.5. The van der Waals surface area contributed by atoms with Crippen LogP contribution in [-0.2, 0) is 10.0 Å². The predicted octanol–water partition coefficient (Wildman–Crippen LogP) is 2.67. The van der Waals surface area contributed by atoms with Gasteiger partial charge in [-0.3, -0.25) is 4.79 Å². The Morgan fingerprint density at radius 3 is 2.50 bits per heavy atom. The number of ketones is 1. The molecule has 0 bridgehead atoms. The van der Waals surface area contributed by atoms with E-state index in [0.717, 1.165) is 19.3 Å². The van der Waals surface area contributed by atoms with Crippen molar-refractivity contribution >= 4 is 15.8 Å². The van der Waals surface area contributed by atoms with Crippen molar-refractivity contribution < 1.29 is 13.2 Å². The first-order valence-electron chi connectivity index (χ1n) is 8.93. The summed E-state index contributed by atoms with van der Waals surface area (Å²) in [7, 11) is -3.73. The highest BCUT2D eigenvalue weighted by Gasteiger charge is 2.32. The molecule has 1 heterocycles. The van der Waals surface area contributed by atoms with E-state index in [1.807, 2.05) is 6.07 Å². The van der Waals surface area contributed by atoms with Crippen LogP contribution in [-0.4, -0.2) is 38.1 Å². The molecule has 1 unspecified atom stereocenters. The van der Waals surface area contributed by atoms with Crippen LogP contribution < -0.4 is 5.73 Å². The van der Waals surface area contributed by atoms with E-state index in [9.17, 15) is 13.2 Å². The minimum atomic E-state index is -3.73. The van der Waals surface area contributed by atoms with Crippen molar-refractivity contribution in [3.63, 3.8) is 0 Å². The minimum Gasteiger partial charge on any atom is -0.330 e. The van der Waals surface area contributed by atoms with Crippen LogP contribution in [0.2, 0.25) is 0 Å². The van der Waals surface area contributed by atoms with E-state index in [0.29, 0.717) is 25.2 Å². The molecule has 0 amide bonds. The largest absolute Gasteiger partial charge is 0.330 e. The van der Waals surface area contributed by atoms with Crippen molar-refractivity contribution in [3.8, 4) is 0 Å². The van der Waals surface area contributed by atoms with Crippen molar-refractivity contribution in [2.45, 2.75) is 24.2 Å². The van der Waals surface area contributed by atoms with Gasteiger partial charge in [0.15, 0.2) is 5.78 Å². The molecule has 0 aromatic heterocycles. The summed E-state index contributed by atoms with van der Waals surface area (Å²) >= 11 is 0. The first kappa shape index (κ1) is 18.8. The number of nitrogens with zero attached hydrogens (tertiary/aromatic N) is 1. The quantitative estimate of drug-likeness (QED) is 0.791. The number of carbonyl (C=O) groups excluding carboxylic acids is 1. The third kappa shape index (κ3) is 3.87. The number of sulfonamides is 1. The van der Waals surface area contributed by atoms with E-state index in [1.54, 1.807) is 42.5 Å². The van der Waals surface area contributed by atoms with Crippen LogP contribution in [0.5, 0.6) is 0 Å². The fourth-order valence-corrected chi connectivity index (χ4v) is 5.22. The lowest BCUT2D eigenvalue weighted by atomic mass is 9.96. The molecule has 1 atom stereocenters. The first-order valence-corrected chi connectivity index (χ1v) is 10.4. The molecule has 26 heavy (non-hydrogen) atoms. The van der Waals surface area contributed by atoms with Crippen LogP contribution in [0.3, 0.4) is 0 Å². The summed E-state index contributed by atoms with van der Waals surface area (Å²) in [4.78, 5) is 12.9. The average Bonchev–Trinajstić information content (AvgIpc) is 2.68. The van der Waals surface area contributed by atoms with Crippen molar-refractivity contribution in [2.75, 3.05) is 19.6 Å². The van der Waals surface area contributed by atoms with Crippen LogP contribution >= 0.6 is 0 Å². The number of hydrogen-bond donors (Lipinski definition) is 1. The first-order chi connectivity index (χ1) is 12.5. The number of benzene rings is 2. The second-order valence-corrected chi connectivity index (χ2v) is 8.55. The lowest BCUT2D eigenvalue weighted by Crippen LogP contribution is -2.40. The lowest BCUT2D eigenvalue weighted by molar-refractivity contribution is 0.103. The van der Waals surface area contributed by atoms with Gasteiger partial charge in [-0.05, 0) is 43.9 Å². The van der Waals surface area contributed by atoms with Gasteiger partial charge in [-0.1, -0.05) is 42.5 Å². The second-order valence-electron chi connectivity index (χ2n) is 6.64. The summed E-state index contributed by atoms with van der Waals surface area (Å²) in [6.07, 6.45) is 2.63. The van der Waals surface area contributed by atoms with Crippen LogP contribution in [0.15, 0.2) is 59.5 Å². The Morgan fingerprint density at radius 2 is 1.77 bits per heavy atom. The molecule has 2 aromatic rings. The molecule has 0 radical (unpaired) electrons. The molecule has 1 aliphatic rings. The second kappa shape index (κ2) is 8.12. The SMILES string of the molecule is NCCC1CCCN(S(=O)(=O)c2ccccc2C(=O)c2ccccc2)C1. The lowest BCUT2D eigenvalue weighted by Gasteiger charge is -2.32. The van der Waals surface area contributed by atoms with Gasteiger partial charge >= 0.3 is 0 Å². The zero-order valence-electron chi connectivity index (χ0n) is 14.7. The Bertz CT molecular complexity index is 864. The maximum absolute atomic E-state index is 13.2. The van der Waals surface area contributed by atoms with Crippen LogP contribution in [0.25, 0.3) is 0 Å². The standard InChI is InChI=1S/C20H24N2O3S/c21-13-12-16-7-6-14-22(15-16)26(24,25)19-11-5-4-10-18(19)20(23)17-8-2-1-3-9-17/h1-5,8-11,16H,6-7,12-15,21H2. The van der Waals surface area contributed by atoms with Gasteiger partial charge in [-0.15, -0.1) is 0 Å². The van der Waals surface area contributed by atoms with Crippen LogP contribution in [0.4, 0.5) is 0 Å².